The fraction of sp³-hybridized carbons (Fsp3) is 0.333. The van der Waals surface area contributed by atoms with Crippen LogP contribution in [-0.2, 0) is 0 Å². The molecule has 4 heteroatoms. The molecule has 0 aliphatic carbocycles. The maximum Gasteiger partial charge on any atom is 0.120 e. The van der Waals surface area contributed by atoms with E-state index in [0.717, 1.165) is 6.42 Å². The smallest absolute Gasteiger partial charge is 0.120 e. The third-order valence-corrected chi connectivity index (χ3v) is 2.06. The molecular weight excluding hydrogens is 209 g/mol. The molecule has 2 nitrogen and oxygen atoms in total. The van der Waals surface area contributed by atoms with Crippen LogP contribution in [0.15, 0.2) is 18.2 Å². The number of hydrogen-bond donors (Lipinski definition) is 2. The summed E-state index contributed by atoms with van der Waals surface area (Å²) in [5, 5.41) is 10.0. The maximum atomic E-state index is 9.40. The van der Waals surface area contributed by atoms with Gasteiger partial charge in [-0.3, -0.25) is 0 Å². The summed E-state index contributed by atoms with van der Waals surface area (Å²) >= 11 is 5.75. The van der Waals surface area contributed by atoms with Crippen molar-refractivity contribution in [2.45, 2.75) is 19.4 Å². The standard InChI is InChI=1S/C9H12ClNO.ClH/c1-2-8(11)7-5-6(10)3-4-9(7)12;/h3-5,8,12H,2,11H2,1H3;1H/t8-;/m0./s1. The lowest BCUT2D eigenvalue weighted by Gasteiger charge is -2.10. The number of halogens is 2. The van der Waals surface area contributed by atoms with Gasteiger partial charge in [0.2, 0.25) is 0 Å². The molecule has 0 radical (unpaired) electrons. The number of phenols is 1. The Bertz CT molecular complexity index is 278. The third kappa shape index (κ3) is 3.07. The summed E-state index contributed by atoms with van der Waals surface area (Å²) in [6.45, 7) is 1.96. The van der Waals surface area contributed by atoms with Crippen molar-refractivity contribution in [1.82, 2.24) is 0 Å². The van der Waals surface area contributed by atoms with Gasteiger partial charge in [0.1, 0.15) is 5.75 Å². The molecule has 1 atom stereocenters. The van der Waals surface area contributed by atoms with Crippen LogP contribution in [0, 0.1) is 0 Å². The van der Waals surface area contributed by atoms with Crippen molar-refractivity contribution < 1.29 is 5.11 Å². The molecule has 1 aromatic rings. The fourth-order valence-electron chi connectivity index (χ4n) is 1.04. The number of rotatable bonds is 2. The molecule has 74 valence electrons. The first-order valence-corrected chi connectivity index (χ1v) is 4.27. The van der Waals surface area contributed by atoms with E-state index < -0.39 is 0 Å². The Morgan fingerprint density at radius 1 is 1.54 bits per heavy atom. The van der Waals surface area contributed by atoms with E-state index in [0.29, 0.717) is 10.6 Å². The van der Waals surface area contributed by atoms with Gasteiger partial charge in [-0.05, 0) is 24.6 Å². The number of nitrogens with two attached hydrogens (primary N) is 1. The lowest BCUT2D eigenvalue weighted by atomic mass is 10.0. The van der Waals surface area contributed by atoms with Gasteiger partial charge >= 0.3 is 0 Å². The minimum absolute atomic E-state index is 0. The lowest BCUT2D eigenvalue weighted by Crippen LogP contribution is -2.08. The molecule has 0 saturated carbocycles. The Morgan fingerprint density at radius 2 is 2.15 bits per heavy atom. The topological polar surface area (TPSA) is 46.2 Å². The van der Waals surface area contributed by atoms with Gasteiger partial charge in [0.05, 0.1) is 0 Å². The second kappa shape index (κ2) is 5.32. The van der Waals surface area contributed by atoms with Crippen molar-refractivity contribution in [3.63, 3.8) is 0 Å². The predicted octanol–water partition coefficient (Wildman–Crippen LogP) is 2.88. The molecule has 3 N–H and O–H groups in total. The van der Waals surface area contributed by atoms with Gasteiger partial charge in [0, 0.05) is 16.6 Å². The average Bonchev–Trinajstić information content (AvgIpc) is 2.08. The molecule has 0 saturated heterocycles. The van der Waals surface area contributed by atoms with E-state index in [-0.39, 0.29) is 24.2 Å². The highest BCUT2D eigenvalue weighted by Crippen LogP contribution is 2.27. The zero-order valence-electron chi connectivity index (χ0n) is 7.33. The van der Waals surface area contributed by atoms with Crippen molar-refractivity contribution in [1.29, 1.82) is 0 Å². The normalized spacial score (nSPS) is 11.9. The van der Waals surface area contributed by atoms with Gasteiger partial charge < -0.3 is 10.8 Å². The molecule has 0 bridgehead atoms. The van der Waals surface area contributed by atoms with Crippen LogP contribution in [0.4, 0.5) is 0 Å². The molecule has 0 spiro atoms. The minimum Gasteiger partial charge on any atom is -0.508 e. The Morgan fingerprint density at radius 3 is 2.69 bits per heavy atom. The number of benzene rings is 1. The Kier molecular flexibility index (Phi) is 5.14. The summed E-state index contributed by atoms with van der Waals surface area (Å²) in [6.07, 6.45) is 0.786. The van der Waals surface area contributed by atoms with Crippen LogP contribution < -0.4 is 5.73 Å². The zero-order chi connectivity index (χ0) is 9.14. The molecular formula is C9H13Cl2NO. The number of aromatic hydroxyl groups is 1. The molecule has 13 heavy (non-hydrogen) atoms. The van der Waals surface area contributed by atoms with Crippen LogP contribution in [0.1, 0.15) is 24.9 Å². The van der Waals surface area contributed by atoms with Crippen molar-refractivity contribution in [3.05, 3.63) is 28.8 Å². The quantitative estimate of drug-likeness (QED) is 0.808. The molecule has 1 rings (SSSR count). The summed E-state index contributed by atoms with van der Waals surface area (Å²) < 4.78 is 0. The van der Waals surface area contributed by atoms with Crippen LogP contribution in [0.5, 0.6) is 5.75 Å². The van der Waals surface area contributed by atoms with E-state index >= 15 is 0 Å². The first kappa shape index (κ1) is 12.6. The highest BCUT2D eigenvalue weighted by Gasteiger charge is 2.08. The minimum atomic E-state index is -0.135. The van der Waals surface area contributed by atoms with E-state index in [4.69, 9.17) is 17.3 Å². The molecule has 1 aromatic carbocycles. The van der Waals surface area contributed by atoms with Crippen LogP contribution in [-0.4, -0.2) is 5.11 Å². The van der Waals surface area contributed by atoms with Gasteiger partial charge in [-0.1, -0.05) is 18.5 Å². The second-order valence-electron chi connectivity index (χ2n) is 2.72. The number of hydrogen-bond acceptors (Lipinski definition) is 2. The maximum absolute atomic E-state index is 9.40. The number of phenolic OH excluding ortho intramolecular Hbond substituents is 1. The molecule has 0 aromatic heterocycles. The zero-order valence-corrected chi connectivity index (χ0v) is 8.90. The van der Waals surface area contributed by atoms with Gasteiger partial charge in [-0.15, -0.1) is 12.4 Å². The highest BCUT2D eigenvalue weighted by atomic mass is 35.5. The van der Waals surface area contributed by atoms with Crippen molar-refractivity contribution in [2.24, 2.45) is 5.73 Å². The van der Waals surface area contributed by atoms with Crippen LogP contribution in [0.2, 0.25) is 5.02 Å². The molecule has 0 heterocycles. The van der Waals surface area contributed by atoms with Gasteiger partial charge in [-0.25, -0.2) is 0 Å². The molecule has 0 amide bonds. The van der Waals surface area contributed by atoms with E-state index in [9.17, 15) is 5.11 Å². The first-order valence-electron chi connectivity index (χ1n) is 3.89. The monoisotopic (exact) mass is 221 g/mol. The second-order valence-corrected chi connectivity index (χ2v) is 3.15. The van der Waals surface area contributed by atoms with E-state index in [1.165, 1.54) is 0 Å². The van der Waals surface area contributed by atoms with E-state index in [1.807, 2.05) is 6.92 Å². The molecule has 0 unspecified atom stereocenters. The third-order valence-electron chi connectivity index (χ3n) is 1.83. The highest BCUT2D eigenvalue weighted by molar-refractivity contribution is 6.30. The predicted molar refractivity (Wildman–Crippen MR) is 57.6 cm³/mol. The molecule has 0 aliphatic heterocycles. The van der Waals surface area contributed by atoms with Crippen molar-refractivity contribution in [3.8, 4) is 5.75 Å². The van der Waals surface area contributed by atoms with Crippen LogP contribution in [0.25, 0.3) is 0 Å². The lowest BCUT2D eigenvalue weighted by molar-refractivity contribution is 0.460. The summed E-state index contributed by atoms with van der Waals surface area (Å²) in [5.41, 5.74) is 6.46. The molecule has 0 aliphatic rings. The Balaban J connectivity index is 0.00000144. The summed E-state index contributed by atoms with van der Waals surface area (Å²) in [4.78, 5) is 0. The van der Waals surface area contributed by atoms with E-state index in [1.54, 1.807) is 18.2 Å². The van der Waals surface area contributed by atoms with Crippen molar-refractivity contribution >= 4 is 24.0 Å². The van der Waals surface area contributed by atoms with Gasteiger partial charge in [0.15, 0.2) is 0 Å². The van der Waals surface area contributed by atoms with Crippen molar-refractivity contribution in [2.75, 3.05) is 0 Å². The van der Waals surface area contributed by atoms with Crippen LogP contribution >= 0.6 is 24.0 Å². The SMILES string of the molecule is CC[C@H](N)c1cc(Cl)ccc1O.Cl. The summed E-state index contributed by atoms with van der Waals surface area (Å²) in [6, 6.07) is 4.77. The largest absolute Gasteiger partial charge is 0.508 e. The summed E-state index contributed by atoms with van der Waals surface area (Å²) in [5.74, 6) is 0.216. The van der Waals surface area contributed by atoms with Gasteiger partial charge in [0.25, 0.3) is 0 Å². The molecule has 0 fully saturated rings. The summed E-state index contributed by atoms with van der Waals surface area (Å²) in [7, 11) is 0. The van der Waals surface area contributed by atoms with Gasteiger partial charge in [-0.2, -0.15) is 0 Å². The van der Waals surface area contributed by atoms with E-state index in [2.05, 4.69) is 0 Å². The first-order chi connectivity index (χ1) is 5.65. The van der Waals surface area contributed by atoms with Crippen LogP contribution in [0.3, 0.4) is 0 Å². The fourth-order valence-corrected chi connectivity index (χ4v) is 1.22. The Labute approximate surface area is 89.1 Å². The average molecular weight is 222 g/mol. The Hall–Kier alpha value is -0.440.